The summed E-state index contributed by atoms with van der Waals surface area (Å²) in [5.74, 6) is -0.706. The molecule has 1 aromatic heterocycles. The van der Waals surface area contributed by atoms with Crippen LogP contribution < -0.4 is 0 Å². The van der Waals surface area contributed by atoms with Crippen molar-refractivity contribution in [3.05, 3.63) is 35.7 Å². The molecule has 1 aromatic carbocycles. The minimum atomic E-state index is -3.24. The Morgan fingerprint density at radius 3 is 2.26 bits per heavy atom. The van der Waals surface area contributed by atoms with E-state index >= 15 is 0 Å². The molecule has 0 fully saturated rings. The topological polar surface area (TPSA) is 100 Å². The number of carbonyl (C=O) groups is 1. The van der Waals surface area contributed by atoms with Crippen LogP contribution in [0.2, 0.25) is 0 Å². The molecular weight excluding hydrogens is 268 g/mol. The molecule has 0 unspecified atom stereocenters. The highest BCUT2D eigenvalue weighted by Gasteiger charge is 2.14. The Labute approximate surface area is 110 Å². The lowest BCUT2D eigenvalue weighted by Gasteiger charge is -2.00. The van der Waals surface area contributed by atoms with Crippen molar-refractivity contribution >= 4 is 15.8 Å². The van der Waals surface area contributed by atoms with Crippen LogP contribution >= 0.6 is 0 Å². The highest BCUT2D eigenvalue weighted by atomic mass is 32.2. The molecule has 0 radical (unpaired) electrons. The van der Waals surface area contributed by atoms with E-state index in [0.29, 0.717) is 17.1 Å². The number of sulfone groups is 1. The zero-order valence-electron chi connectivity index (χ0n) is 10.3. The molecule has 19 heavy (non-hydrogen) atoms. The third kappa shape index (κ3) is 2.65. The quantitative estimate of drug-likeness (QED) is 0.887. The molecule has 0 spiro atoms. The molecule has 0 aliphatic carbocycles. The smallest absolute Gasteiger partial charge is 0.356 e. The molecule has 0 saturated heterocycles. The molecule has 0 amide bonds. The fourth-order valence-electron chi connectivity index (χ4n) is 1.67. The number of nitrogens with one attached hydrogen (secondary N) is 1. The van der Waals surface area contributed by atoms with Crippen LogP contribution in [0.15, 0.2) is 29.2 Å². The Kier molecular flexibility index (Phi) is 3.15. The van der Waals surface area contributed by atoms with Crippen molar-refractivity contribution in [1.82, 2.24) is 9.97 Å². The van der Waals surface area contributed by atoms with Crippen molar-refractivity contribution < 1.29 is 18.3 Å². The Morgan fingerprint density at radius 2 is 1.84 bits per heavy atom. The van der Waals surface area contributed by atoms with Gasteiger partial charge in [-0.2, -0.15) is 0 Å². The van der Waals surface area contributed by atoms with Gasteiger partial charge >= 0.3 is 5.97 Å². The molecule has 100 valence electrons. The number of H-pyrrole nitrogens is 1. The number of hydrogen-bond donors (Lipinski definition) is 2. The summed E-state index contributed by atoms with van der Waals surface area (Å²) >= 11 is 0. The van der Waals surface area contributed by atoms with Gasteiger partial charge in [0.2, 0.25) is 0 Å². The minimum Gasteiger partial charge on any atom is -0.476 e. The van der Waals surface area contributed by atoms with Gasteiger partial charge in [-0.1, -0.05) is 0 Å². The lowest BCUT2D eigenvalue weighted by molar-refractivity contribution is 0.0690. The number of aromatic nitrogens is 2. The molecule has 2 aromatic rings. The summed E-state index contributed by atoms with van der Waals surface area (Å²) < 4.78 is 22.7. The van der Waals surface area contributed by atoms with Gasteiger partial charge in [-0.3, -0.25) is 0 Å². The number of hydrogen-bond acceptors (Lipinski definition) is 4. The molecule has 2 N–H and O–H groups in total. The van der Waals surface area contributed by atoms with E-state index in [1.54, 1.807) is 19.1 Å². The van der Waals surface area contributed by atoms with Gasteiger partial charge in [-0.15, -0.1) is 0 Å². The van der Waals surface area contributed by atoms with Crippen LogP contribution in [0.5, 0.6) is 0 Å². The van der Waals surface area contributed by atoms with E-state index in [0.717, 1.165) is 6.26 Å². The van der Waals surface area contributed by atoms with E-state index in [1.807, 2.05) is 0 Å². The molecular formula is C12H12N2O4S. The SMILES string of the molecule is Cc1[nH]c(-c2ccc(S(C)(=O)=O)cc2)nc1C(=O)O. The maximum atomic E-state index is 11.3. The summed E-state index contributed by atoms with van der Waals surface area (Å²) in [4.78, 5) is 17.9. The van der Waals surface area contributed by atoms with Crippen molar-refractivity contribution in [1.29, 1.82) is 0 Å². The second-order valence-corrected chi connectivity index (χ2v) is 6.18. The fourth-order valence-corrected chi connectivity index (χ4v) is 2.30. The number of benzene rings is 1. The van der Waals surface area contributed by atoms with Crippen molar-refractivity contribution in [3.63, 3.8) is 0 Å². The largest absolute Gasteiger partial charge is 0.476 e. The Balaban J connectivity index is 2.43. The number of aromatic carboxylic acids is 1. The number of aromatic amines is 1. The highest BCUT2D eigenvalue weighted by Crippen LogP contribution is 2.20. The molecule has 0 aliphatic heterocycles. The van der Waals surface area contributed by atoms with Gasteiger partial charge in [-0.05, 0) is 31.2 Å². The molecule has 2 rings (SSSR count). The molecule has 0 atom stereocenters. The van der Waals surface area contributed by atoms with E-state index in [9.17, 15) is 13.2 Å². The predicted molar refractivity (Wildman–Crippen MR) is 68.8 cm³/mol. The normalized spacial score (nSPS) is 11.5. The first-order valence-corrected chi connectivity index (χ1v) is 7.28. The maximum Gasteiger partial charge on any atom is 0.356 e. The molecule has 0 bridgehead atoms. The average Bonchev–Trinajstić information content (AvgIpc) is 2.70. The van der Waals surface area contributed by atoms with Crippen LogP contribution in [-0.2, 0) is 9.84 Å². The highest BCUT2D eigenvalue weighted by molar-refractivity contribution is 7.90. The van der Waals surface area contributed by atoms with Crippen LogP contribution in [0.1, 0.15) is 16.2 Å². The molecule has 6 nitrogen and oxygen atoms in total. The van der Waals surface area contributed by atoms with E-state index in [4.69, 9.17) is 5.11 Å². The lowest BCUT2D eigenvalue weighted by atomic mass is 10.2. The first kappa shape index (κ1) is 13.3. The number of rotatable bonds is 3. The zero-order valence-corrected chi connectivity index (χ0v) is 11.2. The first-order chi connectivity index (χ1) is 8.79. The summed E-state index contributed by atoms with van der Waals surface area (Å²) in [5.41, 5.74) is 1.04. The molecule has 0 aliphatic rings. The van der Waals surface area contributed by atoms with Crippen molar-refractivity contribution in [2.75, 3.05) is 6.26 Å². The van der Waals surface area contributed by atoms with E-state index in [-0.39, 0.29) is 10.6 Å². The summed E-state index contributed by atoms with van der Waals surface area (Å²) in [6, 6.07) is 6.09. The van der Waals surface area contributed by atoms with Crippen LogP contribution in [0, 0.1) is 6.92 Å². The van der Waals surface area contributed by atoms with Gasteiger partial charge in [0.15, 0.2) is 15.5 Å². The monoisotopic (exact) mass is 280 g/mol. The van der Waals surface area contributed by atoms with Crippen LogP contribution in [0.4, 0.5) is 0 Å². The van der Waals surface area contributed by atoms with Crippen molar-refractivity contribution in [3.8, 4) is 11.4 Å². The third-order valence-corrected chi connectivity index (χ3v) is 3.77. The number of imidazole rings is 1. The van der Waals surface area contributed by atoms with Crippen LogP contribution in [0.3, 0.4) is 0 Å². The van der Waals surface area contributed by atoms with Crippen LogP contribution in [0.25, 0.3) is 11.4 Å². The maximum absolute atomic E-state index is 11.3. The van der Waals surface area contributed by atoms with E-state index < -0.39 is 15.8 Å². The second-order valence-electron chi connectivity index (χ2n) is 4.16. The first-order valence-electron chi connectivity index (χ1n) is 5.39. The molecule has 0 saturated carbocycles. The van der Waals surface area contributed by atoms with Gasteiger partial charge in [0.1, 0.15) is 5.82 Å². The number of aryl methyl sites for hydroxylation is 1. The summed E-state index contributed by atoms with van der Waals surface area (Å²) in [6.07, 6.45) is 1.13. The number of carboxylic acids is 1. The van der Waals surface area contributed by atoms with Crippen molar-refractivity contribution in [2.24, 2.45) is 0 Å². The lowest BCUT2D eigenvalue weighted by Crippen LogP contribution is -1.98. The Hall–Kier alpha value is -2.15. The summed E-state index contributed by atoms with van der Waals surface area (Å²) in [7, 11) is -3.24. The standard InChI is InChI=1S/C12H12N2O4S/c1-7-10(12(15)16)14-11(13-7)8-3-5-9(6-4-8)19(2,17)18/h3-6H,1-2H3,(H,13,14)(H,15,16). The van der Waals surface area contributed by atoms with Crippen molar-refractivity contribution in [2.45, 2.75) is 11.8 Å². The summed E-state index contributed by atoms with van der Waals surface area (Å²) in [5, 5.41) is 8.91. The number of carboxylic acid groups (broad SMARTS) is 1. The van der Waals surface area contributed by atoms with E-state index in [1.165, 1.54) is 12.1 Å². The third-order valence-electron chi connectivity index (χ3n) is 2.64. The average molecular weight is 280 g/mol. The van der Waals surface area contributed by atoms with Gasteiger partial charge in [0.05, 0.1) is 4.90 Å². The Bertz CT molecular complexity index is 730. The fraction of sp³-hybridized carbons (Fsp3) is 0.167. The van der Waals surface area contributed by atoms with Gasteiger partial charge in [-0.25, -0.2) is 18.2 Å². The van der Waals surface area contributed by atoms with E-state index in [2.05, 4.69) is 9.97 Å². The summed E-state index contributed by atoms with van der Waals surface area (Å²) in [6.45, 7) is 1.62. The minimum absolute atomic E-state index is 0.0396. The van der Waals surface area contributed by atoms with Gasteiger partial charge in [0.25, 0.3) is 0 Å². The number of nitrogens with zero attached hydrogens (tertiary/aromatic N) is 1. The van der Waals surface area contributed by atoms with Gasteiger partial charge < -0.3 is 10.1 Å². The van der Waals surface area contributed by atoms with Crippen LogP contribution in [-0.4, -0.2) is 35.7 Å². The Morgan fingerprint density at radius 1 is 1.26 bits per heavy atom. The van der Waals surface area contributed by atoms with Gasteiger partial charge in [0, 0.05) is 17.5 Å². The predicted octanol–water partition coefficient (Wildman–Crippen LogP) is 1.49. The zero-order chi connectivity index (χ0) is 14.2. The second kappa shape index (κ2) is 4.51. The molecule has 1 heterocycles. The molecule has 7 heteroatoms.